The molecule has 1 unspecified atom stereocenters. The topological polar surface area (TPSA) is 51.7 Å². The summed E-state index contributed by atoms with van der Waals surface area (Å²) in [5.41, 5.74) is 0.940. The molecule has 1 aliphatic heterocycles. The number of rotatable bonds is 6. The molecular weight excluding hydrogens is 453 g/mol. The van der Waals surface area contributed by atoms with Gasteiger partial charge in [-0.2, -0.15) is 0 Å². The monoisotopic (exact) mass is 479 g/mol. The summed E-state index contributed by atoms with van der Waals surface area (Å²) >= 11 is 18.6. The molecular formula is C23H28Cl3N5. The van der Waals surface area contributed by atoms with E-state index in [4.69, 9.17) is 39.8 Å². The van der Waals surface area contributed by atoms with Crippen LogP contribution in [-0.4, -0.2) is 37.4 Å². The van der Waals surface area contributed by atoms with Gasteiger partial charge in [0.25, 0.3) is 0 Å². The lowest BCUT2D eigenvalue weighted by Gasteiger charge is -2.34. The van der Waals surface area contributed by atoms with Gasteiger partial charge in [-0.25, -0.2) is 4.99 Å². The van der Waals surface area contributed by atoms with Crippen molar-refractivity contribution in [2.24, 2.45) is 4.99 Å². The van der Waals surface area contributed by atoms with Crippen LogP contribution in [0.25, 0.3) is 5.82 Å². The maximum absolute atomic E-state index is 6.32. The second-order valence-corrected chi connectivity index (χ2v) is 9.61. The molecule has 0 spiro atoms. The standard InChI is InChI=1S/C23H28Cl3N5/c1-31(2)22-18-5-3-4-6-20(18)29-23(30-22)28-17-9-7-16(8-10-17)27-13-14-11-15(24)12-19(25)21(14)26/h3-6,11-12,16-17,23,27-28,30H,7-10,13H2,1-2H3/t16-,17+,23?. The summed E-state index contributed by atoms with van der Waals surface area (Å²) in [5, 5.41) is 14.7. The van der Waals surface area contributed by atoms with Gasteiger partial charge < -0.3 is 15.5 Å². The van der Waals surface area contributed by atoms with Crippen LogP contribution < -0.4 is 26.5 Å². The molecule has 166 valence electrons. The molecule has 1 aliphatic carbocycles. The molecule has 8 heteroatoms. The van der Waals surface area contributed by atoms with Gasteiger partial charge in [-0.15, -0.1) is 0 Å². The quantitative estimate of drug-likeness (QED) is 0.554. The summed E-state index contributed by atoms with van der Waals surface area (Å²) in [5.74, 6) is 1.09. The Morgan fingerprint density at radius 2 is 1.74 bits per heavy atom. The lowest BCUT2D eigenvalue weighted by atomic mass is 9.91. The highest BCUT2D eigenvalue weighted by molar-refractivity contribution is 6.43. The molecule has 2 aromatic rings. The molecule has 4 rings (SSSR count). The molecule has 0 aromatic heterocycles. The van der Waals surface area contributed by atoms with Crippen molar-refractivity contribution in [3.8, 4) is 0 Å². The van der Waals surface area contributed by atoms with Crippen molar-refractivity contribution in [3.05, 3.63) is 67.6 Å². The fourth-order valence-corrected chi connectivity index (χ4v) is 5.01. The maximum atomic E-state index is 6.32. The second kappa shape index (κ2) is 9.97. The van der Waals surface area contributed by atoms with E-state index in [1.807, 2.05) is 18.2 Å². The first-order valence-corrected chi connectivity index (χ1v) is 11.8. The van der Waals surface area contributed by atoms with E-state index in [0.29, 0.717) is 33.7 Å². The maximum Gasteiger partial charge on any atom is 0.175 e. The number of benzene rings is 2. The molecule has 1 heterocycles. The molecule has 1 atom stereocenters. The fourth-order valence-electron chi connectivity index (χ4n) is 4.29. The Morgan fingerprint density at radius 3 is 2.48 bits per heavy atom. The highest BCUT2D eigenvalue weighted by atomic mass is 35.5. The molecule has 31 heavy (non-hydrogen) atoms. The Bertz CT molecular complexity index is 1050. The zero-order valence-corrected chi connectivity index (χ0v) is 20.0. The number of halogens is 3. The zero-order valence-electron chi connectivity index (χ0n) is 17.8. The first kappa shape index (κ1) is 22.7. The van der Waals surface area contributed by atoms with Crippen molar-refractivity contribution < 1.29 is 0 Å². The van der Waals surface area contributed by atoms with Crippen LogP contribution in [0.2, 0.25) is 15.1 Å². The molecule has 2 aromatic carbocycles. The van der Waals surface area contributed by atoms with E-state index < -0.39 is 0 Å². The fraction of sp³-hybridized carbons (Fsp3) is 0.435. The van der Waals surface area contributed by atoms with Gasteiger partial charge in [0, 0.05) is 43.0 Å². The van der Waals surface area contributed by atoms with Crippen LogP contribution in [-0.2, 0) is 6.54 Å². The Balaban J connectivity index is 1.32. The van der Waals surface area contributed by atoms with Gasteiger partial charge in [-0.3, -0.25) is 5.32 Å². The van der Waals surface area contributed by atoms with Gasteiger partial charge in [-0.05, 0) is 55.5 Å². The number of hydrogen-bond donors (Lipinski definition) is 3. The molecule has 3 N–H and O–H groups in total. The lowest BCUT2D eigenvalue weighted by Crippen LogP contribution is -2.55. The van der Waals surface area contributed by atoms with Crippen molar-refractivity contribution in [3.63, 3.8) is 0 Å². The van der Waals surface area contributed by atoms with E-state index in [1.54, 1.807) is 6.07 Å². The van der Waals surface area contributed by atoms with Crippen LogP contribution >= 0.6 is 34.8 Å². The van der Waals surface area contributed by atoms with E-state index in [0.717, 1.165) is 47.6 Å². The predicted molar refractivity (Wildman–Crippen MR) is 129 cm³/mol. The van der Waals surface area contributed by atoms with Crippen LogP contribution in [0.1, 0.15) is 31.2 Å². The Labute approximate surface area is 198 Å². The van der Waals surface area contributed by atoms with E-state index in [1.165, 1.54) is 0 Å². The number of fused-ring (bicyclic) bond motifs is 1. The van der Waals surface area contributed by atoms with Gasteiger partial charge in [0.15, 0.2) is 6.29 Å². The van der Waals surface area contributed by atoms with E-state index in [9.17, 15) is 0 Å². The average Bonchev–Trinajstić information content (AvgIpc) is 2.75. The average molecular weight is 481 g/mol. The Kier molecular flexibility index (Phi) is 7.29. The number of nitrogens with one attached hydrogen (secondary N) is 3. The zero-order chi connectivity index (χ0) is 22.0. The minimum Gasteiger partial charge on any atom is -0.364 e. The van der Waals surface area contributed by atoms with Gasteiger partial charge in [0.05, 0.1) is 15.4 Å². The summed E-state index contributed by atoms with van der Waals surface area (Å²) in [6.07, 6.45) is 4.26. The van der Waals surface area contributed by atoms with Gasteiger partial charge in [-0.1, -0.05) is 46.9 Å². The molecule has 0 bridgehead atoms. The minimum atomic E-state index is -0.116. The van der Waals surface area contributed by atoms with Crippen molar-refractivity contribution >= 4 is 40.6 Å². The van der Waals surface area contributed by atoms with E-state index in [2.05, 4.69) is 47.1 Å². The van der Waals surface area contributed by atoms with E-state index >= 15 is 0 Å². The second-order valence-electron chi connectivity index (χ2n) is 8.39. The summed E-state index contributed by atoms with van der Waals surface area (Å²) in [7, 11) is 4.11. The third kappa shape index (κ3) is 5.47. The van der Waals surface area contributed by atoms with Crippen LogP contribution in [0.4, 0.5) is 0 Å². The van der Waals surface area contributed by atoms with Crippen LogP contribution in [0.3, 0.4) is 0 Å². The van der Waals surface area contributed by atoms with Gasteiger partial charge in [0.1, 0.15) is 5.82 Å². The molecule has 1 saturated carbocycles. The molecule has 0 amide bonds. The Hall–Kier alpha value is -1.50. The highest BCUT2D eigenvalue weighted by Crippen LogP contribution is 2.30. The molecule has 5 nitrogen and oxygen atoms in total. The first-order valence-electron chi connectivity index (χ1n) is 10.6. The normalized spacial score (nSPS) is 23.0. The molecule has 0 saturated heterocycles. The molecule has 0 radical (unpaired) electrons. The summed E-state index contributed by atoms with van der Waals surface area (Å²) in [4.78, 5) is 6.98. The van der Waals surface area contributed by atoms with Crippen LogP contribution in [0, 0.1) is 0 Å². The third-order valence-electron chi connectivity index (χ3n) is 5.92. The van der Waals surface area contributed by atoms with Crippen LogP contribution in [0.15, 0.2) is 41.4 Å². The predicted octanol–water partition coefficient (Wildman–Crippen LogP) is 3.47. The Morgan fingerprint density at radius 1 is 1.03 bits per heavy atom. The number of hydrogen-bond acceptors (Lipinski definition) is 5. The van der Waals surface area contributed by atoms with E-state index in [-0.39, 0.29) is 6.29 Å². The lowest BCUT2D eigenvalue weighted by molar-refractivity contribution is 0.276. The van der Waals surface area contributed by atoms with Crippen molar-refractivity contribution in [1.29, 1.82) is 0 Å². The number of nitrogens with zero attached hydrogens (tertiary/aromatic N) is 2. The van der Waals surface area contributed by atoms with Crippen LogP contribution in [0.5, 0.6) is 0 Å². The smallest absolute Gasteiger partial charge is 0.175 e. The summed E-state index contributed by atoms with van der Waals surface area (Å²) < 4.78 is 0. The largest absolute Gasteiger partial charge is 0.364 e. The highest BCUT2D eigenvalue weighted by Gasteiger charge is 2.24. The third-order valence-corrected chi connectivity index (χ3v) is 6.98. The molecule has 1 fully saturated rings. The molecule has 2 aliphatic rings. The van der Waals surface area contributed by atoms with Crippen molar-refractivity contribution in [2.45, 2.75) is 50.6 Å². The minimum absolute atomic E-state index is 0.116. The van der Waals surface area contributed by atoms with Gasteiger partial charge in [0.2, 0.25) is 0 Å². The number of para-hydroxylation sites is 1. The summed E-state index contributed by atoms with van der Waals surface area (Å²) in [6, 6.07) is 12.7. The first-order chi connectivity index (χ1) is 14.9. The van der Waals surface area contributed by atoms with Gasteiger partial charge >= 0.3 is 0 Å². The van der Waals surface area contributed by atoms with Crippen molar-refractivity contribution in [1.82, 2.24) is 20.9 Å². The van der Waals surface area contributed by atoms with Crippen molar-refractivity contribution in [2.75, 3.05) is 14.1 Å². The summed E-state index contributed by atoms with van der Waals surface area (Å²) in [6.45, 7) is 0.666. The SMILES string of the molecule is CN(C)C1=c2ccccc2=NC(N[C@H]2CC[C@@H](NCc3cc(Cl)cc(Cl)c3Cl)CC2)N1.